The van der Waals surface area contributed by atoms with Gasteiger partial charge in [-0.2, -0.15) is 0 Å². The smallest absolute Gasteiger partial charge is 0.139 e. The molecule has 1 aromatic carbocycles. The number of pyridine rings is 1. The van der Waals surface area contributed by atoms with Crippen molar-refractivity contribution in [1.29, 1.82) is 0 Å². The standard InChI is InChI=1S/C20H16FN3O2/c21-15-3-1-13(2-4-15)20-19-12-22-16(9-14(19)11-23-20)10-17(25)5-6-18-7-8-24-26-18/h1-4,7-9,12H,5-6,10-11H2. The Balaban J connectivity index is 1.43. The molecule has 1 aliphatic rings. The van der Waals surface area contributed by atoms with E-state index in [0.29, 0.717) is 25.1 Å². The molecule has 0 saturated heterocycles. The van der Waals surface area contributed by atoms with Gasteiger partial charge in [-0.1, -0.05) is 5.16 Å². The Bertz CT molecular complexity index is 963. The van der Waals surface area contributed by atoms with Crippen LogP contribution < -0.4 is 0 Å². The van der Waals surface area contributed by atoms with Crippen LogP contribution in [-0.4, -0.2) is 21.6 Å². The van der Waals surface area contributed by atoms with E-state index in [0.717, 1.165) is 28.1 Å². The number of aliphatic imine (C=N–C) groups is 1. The van der Waals surface area contributed by atoms with Gasteiger partial charge < -0.3 is 4.52 Å². The molecular formula is C20H16FN3O2. The number of aryl methyl sites for hydroxylation is 1. The van der Waals surface area contributed by atoms with Crippen molar-refractivity contribution >= 4 is 11.5 Å². The number of benzene rings is 1. The highest BCUT2D eigenvalue weighted by Gasteiger charge is 2.19. The van der Waals surface area contributed by atoms with Crippen LogP contribution in [0, 0.1) is 5.82 Å². The number of fused-ring (bicyclic) bond motifs is 1. The summed E-state index contributed by atoms with van der Waals surface area (Å²) in [6, 6.07) is 9.96. The van der Waals surface area contributed by atoms with Crippen molar-refractivity contribution in [2.24, 2.45) is 4.99 Å². The molecule has 0 N–H and O–H groups in total. The minimum atomic E-state index is -0.273. The lowest BCUT2D eigenvalue weighted by Gasteiger charge is -2.06. The first-order valence-corrected chi connectivity index (χ1v) is 8.39. The zero-order valence-electron chi connectivity index (χ0n) is 14.0. The third kappa shape index (κ3) is 3.44. The van der Waals surface area contributed by atoms with Gasteiger partial charge >= 0.3 is 0 Å². The van der Waals surface area contributed by atoms with E-state index in [1.807, 2.05) is 6.07 Å². The summed E-state index contributed by atoms with van der Waals surface area (Å²) >= 11 is 0. The molecule has 0 aliphatic carbocycles. The van der Waals surface area contributed by atoms with E-state index in [2.05, 4.69) is 15.1 Å². The van der Waals surface area contributed by atoms with E-state index in [9.17, 15) is 9.18 Å². The monoisotopic (exact) mass is 349 g/mol. The van der Waals surface area contributed by atoms with Gasteiger partial charge in [-0.3, -0.25) is 14.8 Å². The van der Waals surface area contributed by atoms with E-state index in [4.69, 9.17) is 4.52 Å². The number of hydrogen-bond donors (Lipinski definition) is 0. The Morgan fingerprint density at radius 1 is 1.19 bits per heavy atom. The van der Waals surface area contributed by atoms with Crippen LogP contribution in [0.5, 0.6) is 0 Å². The molecule has 0 spiro atoms. The predicted octanol–water partition coefficient (Wildman–Crippen LogP) is 3.30. The van der Waals surface area contributed by atoms with Gasteiger partial charge in [-0.15, -0.1) is 0 Å². The van der Waals surface area contributed by atoms with Gasteiger partial charge in [-0.05, 0) is 35.9 Å². The van der Waals surface area contributed by atoms with E-state index in [-0.39, 0.29) is 18.0 Å². The molecule has 3 heterocycles. The summed E-state index contributed by atoms with van der Waals surface area (Å²) in [6.07, 6.45) is 4.55. The van der Waals surface area contributed by atoms with Gasteiger partial charge in [0.15, 0.2) is 0 Å². The normalized spacial score (nSPS) is 12.7. The van der Waals surface area contributed by atoms with Crippen LogP contribution in [0.4, 0.5) is 4.39 Å². The molecule has 26 heavy (non-hydrogen) atoms. The van der Waals surface area contributed by atoms with Crippen molar-refractivity contribution in [1.82, 2.24) is 10.1 Å². The fourth-order valence-electron chi connectivity index (χ4n) is 3.02. The predicted molar refractivity (Wildman–Crippen MR) is 93.5 cm³/mol. The average Bonchev–Trinajstić information content (AvgIpc) is 3.30. The topological polar surface area (TPSA) is 68.3 Å². The second kappa shape index (κ2) is 7.00. The number of carbonyl (C=O) groups is 1. The molecule has 0 bridgehead atoms. The number of Topliss-reactive ketones (excluding diaryl/α,β-unsaturated/α-hetero) is 1. The van der Waals surface area contributed by atoms with Crippen LogP contribution in [0.2, 0.25) is 0 Å². The molecule has 0 saturated carbocycles. The zero-order valence-corrected chi connectivity index (χ0v) is 14.0. The molecule has 0 unspecified atom stereocenters. The third-order valence-electron chi connectivity index (χ3n) is 4.35. The molecule has 0 radical (unpaired) electrons. The lowest BCUT2D eigenvalue weighted by molar-refractivity contribution is -0.118. The summed E-state index contributed by atoms with van der Waals surface area (Å²) in [5.41, 5.74) is 4.40. The highest BCUT2D eigenvalue weighted by Crippen LogP contribution is 2.23. The molecule has 130 valence electrons. The lowest BCUT2D eigenvalue weighted by atomic mass is 10.0. The van der Waals surface area contributed by atoms with Crippen molar-refractivity contribution in [3.05, 3.63) is 82.8 Å². The minimum absolute atomic E-state index is 0.103. The molecule has 2 aromatic heterocycles. The maximum Gasteiger partial charge on any atom is 0.139 e. The van der Waals surface area contributed by atoms with Crippen LogP contribution in [0.3, 0.4) is 0 Å². The second-order valence-electron chi connectivity index (χ2n) is 6.20. The summed E-state index contributed by atoms with van der Waals surface area (Å²) in [6.45, 7) is 0.545. The van der Waals surface area contributed by atoms with Crippen LogP contribution in [0.1, 0.15) is 34.6 Å². The van der Waals surface area contributed by atoms with Crippen LogP contribution in [0.25, 0.3) is 0 Å². The lowest BCUT2D eigenvalue weighted by Crippen LogP contribution is -2.08. The second-order valence-corrected chi connectivity index (χ2v) is 6.20. The first kappa shape index (κ1) is 16.3. The number of ketones is 1. The minimum Gasteiger partial charge on any atom is -0.361 e. The molecule has 5 nitrogen and oxygen atoms in total. The number of carbonyl (C=O) groups excluding carboxylic acids is 1. The number of halogens is 1. The molecule has 0 amide bonds. The Morgan fingerprint density at radius 2 is 2.04 bits per heavy atom. The maximum atomic E-state index is 13.1. The van der Waals surface area contributed by atoms with Crippen molar-refractivity contribution in [2.75, 3.05) is 0 Å². The first-order chi connectivity index (χ1) is 12.7. The number of hydrogen-bond acceptors (Lipinski definition) is 5. The van der Waals surface area contributed by atoms with Gasteiger partial charge in [0.05, 0.1) is 18.5 Å². The van der Waals surface area contributed by atoms with E-state index < -0.39 is 0 Å². The summed E-state index contributed by atoms with van der Waals surface area (Å²) in [4.78, 5) is 21.1. The van der Waals surface area contributed by atoms with Crippen LogP contribution in [0.15, 0.2) is 58.3 Å². The largest absolute Gasteiger partial charge is 0.361 e. The number of rotatable bonds is 6. The fraction of sp³-hybridized carbons (Fsp3) is 0.200. The summed E-state index contributed by atoms with van der Waals surface area (Å²) in [7, 11) is 0. The van der Waals surface area contributed by atoms with Gasteiger partial charge in [0, 0.05) is 48.3 Å². The van der Waals surface area contributed by atoms with Gasteiger partial charge in [0.1, 0.15) is 17.4 Å². The van der Waals surface area contributed by atoms with Crippen LogP contribution in [-0.2, 0) is 24.2 Å². The molecule has 3 aromatic rings. The van der Waals surface area contributed by atoms with Gasteiger partial charge in [-0.25, -0.2) is 4.39 Å². The van der Waals surface area contributed by atoms with Gasteiger partial charge in [0.25, 0.3) is 0 Å². The summed E-state index contributed by atoms with van der Waals surface area (Å²) in [5, 5.41) is 3.63. The van der Waals surface area contributed by atoms with Crippen molar-refractivity contribution in [3.8, 4) is 0 Å². The molecule has 4 rings (SSSR count). The Hall–Kier alpha value is -3.15. The van der Waals surface area contributed by atoms with Gasteiger partial charge in [0.2, 0.25) is 0 Å². The molecule has 0 atom stereocenters. The highest BCUT2D eigenvalue weighted by atomic mass is 19.1. The maximum absolute atomic E-state index is 13.1. The van der Waals surface area contributed by atoms with E-state index in [1.165, 1.54) is 12.1 Å². The highest BCUT2D eigenvalue weighted by molar-refractivity contribution is 6.14. The van der Waals surface area contributed by atoms with E-state index >= 15 is 0 Å². The quantitative estimate of drug-likeness (QED) is 0.685. The molecule has 6 heteroatoms. The van der Waals surface area contributed by atoms with E-state index in [1.54, 1.807) is 30.6 Å². The van der Waals surface area contributed by atoms with Crippen molar-refractivity contribution in [3.63, 3.8) is 0 Å². The summed E-state index contributed by atoms with van der Waals surface area (Å²) in [5.74, 6) is 0.536. The SMILES string of the molecule is O=C(CCc1ccno1)Cc1cc2c(cn1)C(c1ccc(F)cc1)=NC2. The fourth-order valence-corrected chi connectivity index (χ4v) is 3.02. The summed E-state index contributed by atoms with van der Waals surface area (Å²) < 4.78 is 18.1. The zero-order chi connectivity index (χ0) is 17.9. The first-order valence-electron chi connectivity index (χ1n) is 8.39. The number of aromatic nitrogens is 2. The average molecular weight is 349 g/mol. The Kier molecular flexibility index (Phi) is 4.39. The Morgan fingerprint density at radius 3 is 2.81 bits per heavy atom. The van der Waals surface area contributed by atoms with Crippen LogP contribution >= 0.6 is 0 Å². The van der Waals surface area contributed by atoms with Crippen molar-refractivity contribution < 1.29 is 13.7 Å². The molecule has 0 fully saturated rings. The Labute approximate surface area is 149 Å². The molecule has 1 aliphatic heterocycles. The molecular weight excluding hydrogens is 333 g/mol. The third-order valence-corrected chi connectivity index (χ3v) is 4.35. The van der Waals surface area contributed by atoms with Crippen molar-refractivity contribution in [2.45, 2.75) is 25.8 Å². The number of nitrogens with zero attached hydrogens (tertiary/aromatic N) is 3.